The van der Waals surface area contributed by atoms with Crippen LogP contribution < -0.4 is 9.62 Å². The molecule has 1 aromatic rings. The van der Waals surface area contributed by atoms with Gasteiger partial charge in [-0.05, 0) is 30.9 Å². The Balaban J connectivity index is 2.62. The van der Waals surface area contributed by atoms with Gasteiger partial charge in [0.05, 0.1) is 6.26 Å². The molecule has 1 aromatic carbocycles. The van der Waals surface area contributed by atoms with Gasteiger partial charge < -0.3 is 5.32 Å². The molecule has 8 heteroatoms. The Kier molecular flexibility index (Phi) is 9.69. The lowest BCUT2D eigenvalue weighted by Gasteiger charge is -2.23. The average Bonchev–Trinajstić information content (AvgIpc) is 2.59. The number of nitrogens with one attached hydrogen (secondary N) is 1. The van der Waals surface area contributed by atoms with Gasteiger partial charge in [0.15, 0.2) is 11.6 Å². The molecule has 0 aromatic heterocycles. The third-order valence-corrected chi connectivity index (χ3v) is 5.65. The molecule has 0 bridgehead atoms. The van der Waals surface area contributed by atoms with Crippen molar-refractivity contribution in [2.24, 2.45) is 5.92 Å². The number of benzene rings is 1. The number of amides is 1. The Morgan fingerprint density at radius 2 is 1.81 bits per heavy atom. The summed E-state index contributed by atoms with van der Waals surface area (Å²) >= 11 is 0. The maximum absolute atomic E-state index is 13.9. The minimum atomic E-state index is -3.88. The average molecular weight is 405 g/mol. The molecule has 0 saturated heterocycles. The molecule has 154 valence electrons. The van der Waals surface area contributed by atoms with Crippen LogP contribution in [0.2, 0.25) is 0 Å². The molecule has 0 aliphatic carbocycles. The zero-order valence-corrected chi connectivity index (χ0v) is 17.1. The summed E-state index contributed by atoms with van der Waals surface area (Å²) in [5, 5.41) is 2.86. The van der Waals surface area contributed by atoms with Crippen LogP contribution in [0.4, 0.5) is 14.5 Å². The van der Waals surface area contributed by atoms with Crippen molar-refractivity contribution in [2.45, 2.75) is 52.4 Å². The monoisotopic (exact) mass is 404 g/mol. The molecule has 1 N–H and O–H groups in total. The first kappa shape index (κ1) is 23.3. The number of nitrogens with zero attached hydrogens (tertiary/aromatic N) is 1. The van der Waals surface area contributed by atoms with Gasteiger partial charge in [0, 0.05) is 19.5 Å². The van der Waals surface area contributed by atoms with E-state index < -0.39 is 27.3 Å². The predicted molar refractivity (Wildman–Crippen MR) is 104 cm³/mol. The maximum atomic E-state index is 13.9. The number of rotatable bonds is 12. The lowest BCUT2D eigenvalue weighted by atomic mass is 9.99. The first-order valence-corrected chi connectivity index (χ1v) is 11.2. The van der Waals surface area contributed by atoms with Crippen molar-refractivity contribution in [3.8, 4) is 0 Å². The van der Waals surface area contributed by atoms with Gasteiger partial charge in [0.2, 0.25) is 15.9 Å². The number of sulfonamides is 1. The molecule has 1 atom stereocenters. The maximum Gasteiger partial charge on any atom is 0.232 e. The number of carbonyl (C=O) groups excluding carboxylic acids is 1. The quantitative estimate of drug-likeness (QED) is 0.576. The summed E-state index contributed by atoms with van der Waals surface area (Å²) in [4.78, 5) is 12.0. The van der Waals surface area contributed by atoms with Crippen LogP contribution in [-0.4, -0.2) is 33.7 Å². The van der Waals surface area contributed by atoms with E-state index in [0.717, 1.165) is 44.1 Å². The van der Waals surface area contributed by atoms with Crippen molar-refractivity contribution in [1.29, 1.82) is 0 Å². The van der Waals surface area contributed by atoms with Crippen LogP contribution in [0.3, 0.4) is 0 Å². The molecule has 0 heterocycles. The van der Waals surface area contributed by atoms with Gasteiger partial charge in [-0.15, -0.1) is 0 Å². The van der Waals surface area contributed by atoms with Gasteiger partial charge in [-0.3, -0.25) is 9.10 Å². The molecule has 1 rings (SSSR count). The van der Waals surface area contributed by atoms with E-state index in [1.807, 2.05) is 0 Å². The van der Waals surface area contributed by atoms with Gasteiger partial charge in [-0.25, -0.2) is 17.2 Å². The van der Waals surface area contributed by atoms with E-state index in [4.69, 9.17) is 0 Å². The zero-order chi connectivity index (χ0) is 20.4. The van der Waals surface area contributed by atoms with E-state index in [9.17, 15) is 22.0 Å². The third kappa shape index (κ3) is 7.82. The van der Waals surface area contributed by atoms with Crippen LogP contribution in [0.15, 0.2) is 18.2 Å². The smallest absolute Gasteiger partial charge is 0.232 e. The minimum Gasteiger partial charge on any atom is -0.356 e. The molecule has 0 radical (unpaired) electrons. The van der Waals surface area contributed by atoms with E-state index in [1.165, 1.54) is 6.07 Å². The third-order valence-electron chi connectivity index (χ3n) is 4.48. The Labute approximate surface area is 161 Å². The number of anilines is 1. The summed E-state index contributed by atoms with van der Waals surface area (Å²) in [6.07, 6.45) is 5.41. The van der Waals surface area contributed by atoms with E-state index >= 15 is 0 Å². The van der Waals surface area contributed by atoms with Gasteiger partial charge in [0.25, 0.3) is 0 Å². The summed E-state index contributed by atoms with van der Waals surface area (Å²) in [5.74, 6) is -1.67. The van der Waals surface area contributed by atoms with E-state index in [-0.39, 0.29) is 25.3 Å². The summed E-state index contributed by atoms with van der Waals surface area (Å²) in [7, 11) is -3.88. The highest BCUT2D eigenvalue weighted by Crippen LogP contribution is 2.25. The number of unbranched alkanes of at least 4 members (excludes halogenated alkanes) is 1. The topological polar surface area (TPSA) is 66.5 Å². The summed E-state index contributed by atoms with van der Waals surface area (Å²) in [5.41, 5.74) is -0.606. The van der Waals surface area contributed by atoms with Gasteiger partial charge in [-0.1, -0.05) is 39.2 Å². The normalized spacial score (nSPS) is 12.6. The van der Waals surface area contributed by atoms with Crippen LogP contribution >= 0.6 is 0 Å². The molecule has 0 saturated carbocycles. The highest BCUT2D eigenvalue weighted by atomic mass is 32.2. The Bertz CT molecular complexity index is 691. The molecular formula is C19H30F2N2O3S. The number of para-hydroxylation sites is 1. The van der Waals surface area contributed by atoms with Gasteiger partial charge in [-0.2, -0.15) is 0 Å². The molecule has 0 aliphatic heterocycles. The molecule has 1 amide bonds. The highest BCUT2D eigenvalue weighted by Gasteiger charge is 2.24. The number of hydrogen-bond acceptors (Lipinski definition) is 3. The predicted octanol–water partition coefficient (Wildman–Crippen LogP) is 3.84. The SMILES string of the molecule is CCCCC(CC)CNC(=O)CCCN(c1c(F)cccc1F)S(C)(=O)=O. The molecule has 1 unspecified atom stereocenters. The molecule has 27 heavy (non-hydrogen) atoms. The van der Waals surface area contributed by atoms with Crippen LogP contribution in [0.25, 0.3) is 0 Å². The van der Waals surface area contributed by atoms with Gasteiger partial charge >= 0.3 is 0 Å². The lowest BCUT2D eigenvalue weighted by Crippen LogP contribution is -2.34. The van der Waals surface area contributed by atoms with Crippen molar-refractivity contribution in [2.75, 3.05) is 23.7 Å². The van der Waals surface area contributed by atoms with Crippen LogP contribution in [0.5, 0.6) is 0 Å². The Morgan fingerprint density at radius 1 is 1.19 bits per heavy atom. The molecular weight excluding hydrogens is 374 g/mol. The molecule has 0 fully saturated rings. The number of carbonyl (C=O) groups is 1. The number of halogens is 2. The van der Waals surface area contributed by atoms with Crippen molar-refractivity contribution in [3.05, 3.63) is 29.8 Å². The second kappa shape index (κ2) is 11.2. The lowest BCUT2D eigenvalue weighted by molar-refractivity contribution is -0.121. The zero-order valence-electron chi connectivity index (χ0n) is 16.3. The Hall–Kier alpha value is -1.70. The second-order valence-electron chi connectivity index (χ2n) is 6.73. The van der Waals surface area contributed by atoms with Crippen LogP contribution in [0, 0.1) is 17.6 Å². The molecule has 0 spiro atoms. The highest BCUT2D eigenvalue weighted by molar-refractivity contribution is 7.92. The largest absolute Gasteiger partial charge is 0.356 e. The summed E-state index contributed by atoms with van der Waals surface area (Å²) in [6, 6.07) is 3.18. The van der Waals surface area contributed by atoms with E-state index in [1.54, 1.807) is 0 Å². The summed E-state index contributed by atoms with van der Waals surface area (Å²) < 4.78 is 52.5. The van der Waals surface area contributed by atoms with Crippen LogP contribution in [-0.2, 0) is 14.8 Å². The van der Waals surface area contributed by atoms with Crippen molar-refractivity contribution < 1.29 is 22.0 Å². The number of hydrogen-bond donors (Lipinski definition) is 1. The Morgan fingerprint density at radius 3 is 2.33 bits per heavy atom. The van der Waals surface area contributed by atoms with Gasteiger partial charge in [0.1, 0.15) is 5.69 Å². The standard InChI is InChI=1S/C19H30F2N2O3S/c1-4-6-9-15(5-2)14-22-18(24)12-8-13-23(27(3,25)26)19-16(20)10-7-11-17(19)21/h7,10-11,15H,4-6,8-9,12-14H2,1-3H3,(H,22,24). The van der Waals surface area contributed by atoms with Crippen molar-refractivity contribution >= 4 is 21.6 Å². The minimum absolute atomic E-state index is 0.0896. The fourth-order valence-electron chi connectivity index (χ4n) is 2.84. The fraction of sp³-hybridized carbons (Fsp3) is 0.632. The molecule has 5 nitrogen and oxygen atoms in total. The first-order chi connectivity index (χ1) is 12.7. The summed E-state index contributed by atoms with van der Waals surface area (Å²) in [6.45, 7) is 4.63. The van der Waals surface area contributed by atoms with Crippen LogP contribution in [0.1, 0.15) is 52.4 Å². The van der Waals surface area contributed by atoms with E-state index in [0.29, 0.717) is 16.8 Å². The van der Waals surface area contributed by atoms with Crippen molar-refractivity contribution in [3.63, 3.8) is 0 Å². The molecule has 0 aliphatic rings. The van der Waals surface area contributed by atoms with Crippen molar-refractivity contribution in [1.82, 2.24) is 5.32 Å². The van der Waals surface area contributed by atoms with E-state index in [2.05, 4.69) is 19.2 Å². The fourth-order valence-corrected chi connectivity index (χ4v) is 3.81. The second-order valence-corrected chi connectivity index (χ2v) is 8.64. The first-order valence-electron chi connectivity index (χ1n) is 9.39.